The van der Waals surface area contributed by atoms with E-state index in [4.69, 9.17) is 18.5 Å². The summed E-state index contributed by atoms with van der Waals surface area (Å²) in [7, 11) is -2.46. The number of carbonyl (C=O) groups is 2. The molecule has 2 aliphatic rings. The Balaban J connectivity index is 1.47. The fraction of sp³-hybridized carbons (Fsp3) is 0.586. The Labute approximate surface area is 255 Å². The fourth-order valence-corrected chi connectivity index (χ4v) is 6.70. The number of benzene rings is 1. The third-order valence-corrected chi connectivity index (χ3v) is 9.18. The molecule has 1 aromatic carbocycles. The number of ether oxygens (including phenoxy) is 2. The number of nitrogens with zero attached hydrogens (tertiary/aromatic N) is 3. The van der Waals surface area contributed by atoms with Gasteiger partial charge in [-0.1, -0.05) is 18.2 Å². The summed E-state index contributed by atoms with van der Waals surface area (Å²) >= 11 is 0. The van der Waals surface area contributed by atoms with Gasteiger partial charge in [0.25, 0.3) is 0 Å². The molecule has 242 valence electrons. The van der Waals surface area contributed by atoms with Crippen molar-refractivity contribution >= 4 is 19.5 Å². The molecule has 2 aromatic rings. The average Bonchev–Trinajstić information content (AvgIpc) is 3.48. The van der Waals surface area contributed by atoms with E-state index in [1.165, 1.54) is 31.3 Å². The van der Waals surface area contributed by atoms with Crippen molar-refractivity contribution in [2.45, 2.75) is 89.2 Å². The van der Waals surface area contributed by atoms with E-state index in [2.05, 4.69) is 10.1 Å². The number of likely N-dealkylation sites (tertiary alicyclic amines) is 1. The molecule has 7 atom stereocenters. The van der Waals surface area contributed by atoms with E-state index >= 15 is 4.39 Å². The van der Waals surface area contributed by atoms with Crippen LogP contribution in [0.25, 0.3) is 0 Å². The lowest BCUT2D eigenvalue weighted by Crippen LogP contribution is -2.43. The maximum absolute atomic E-state index is 15.9. The number of Topliss-reactive ketones (excluding diaryl/α,β-unsaturated/α-hetero) is 1. The van der Waals surface area contributed by atoms with Crippen LogP contribution in [0.3, 0.4) is 0 Å². The van der Waals surface area contributed by atoms with Crippen molar-refractivity contribution in [2.75, 3.05) is 20.2 Å². The number of aromatic nitrogens is 2. The smallest absolute Gasteiger partial charge is 0.459 e. The van der Waals surface area contributed by atoms with Crippen molar-refractivity contribution in [1.29, 1.82) is 0 Å². The molecule has 0 spiro atoms. The van der Waals surface area contributed by atoms with Crippen LogP contribution in [-0.4, -0.2) is 87.6 Å². The van der Waals surface area contributed by atoms with Gasteiger partial charge in [-0.25, -0.2) is 13.8 Å². The zero-order chi connectivity index (χ0) is 32.2. The van der Waals surface area contributed by atoms with Crippen LogP contribution in [-0.2, 0) is 34.6 Å². The number of hydrogen-bond donors (Lipinski definition) is 2. The molecule has 0 aliphatic carbocycles. The number of para-hydroxylation sites is 1. The van der Waals surface area contributed by atoms with Gasteiger partial charge in [-0.2, -0.15) is 10.1 Å². The van der Waals surface area contributed by atoms with Gasteiger partial charge >= 0.3 is 19.4 Å². The SMILES string of the molecule is CC(C)OC(=O)[C@H](C)N[P@@](=O)(OC[C@H]1O[C@@H](n2ccc(CC(=O)[C@@H]3CCCN3C)nc2=O)[C@](C)(F)[C@@H]1O)Oc1ccccc1. The molecule has 1 aromatic heterocycles. The van der Waals surface area contributed by atoms with E-state index in [0.717, 1.165) is 30.9 Å². The largest absolute Gasteiger partial charge is 0.462 e. The van der Waals surface area contributed by atoms with Gasteiger partial charge in [0.2, 0.25) is 0 Å². The minimum atomic E-state index is -4.33. The average molecular weight is 639 g/mol. The summed E-state index contributed by atoms with van der Waals surface area (Å²) in [6.07, 6.45) is -2.37. The Morgan fingerprint density at radius 3 is 2.57 bits per heavy atom. The van der Waals surface area contributed by atoms with Gasteiger partial charge in [0, 0.05) is 6.20 Å². The molecule has 4 rings (SSSR count). The number of hydrogen-bond acceptors (Lipinski definition) is 11. The molecule has 0 unspecified atom stereocenters. The number of likely N-dealkylation sites (N-methyl/N-ethyl adjacent to an activating group) is 1. The Morgan fingerprint density at radius 2 is 1.95 bits per heavy atom. The number of carbonyl (C=O) groups excluding carboxylic acids is 2. The topological polar surface area (TPSA) is 159 Å². The molecule has 0 saturated carbocycles. The summed E-state index contributed by atoms with van der Waals surface area (Å²) in [5.41, 5.74) is -3.11. The van der Waals surface area contributed by atoms with Gasteiger partial charge in [-0.15, -0.1) is 0 Å². The highest BCUT2D eigenvalue weighted by atomic mass is 31.2. The highest BCUT2D eigenvalue weighted by Crippen LogP contribution is 2.47. The minimum Gasteiger partial charge on any atom is -0.462 e. The van der Waals surface area contributed by atoms with Crippen LogP contribution >= 0.6 is 7.75 Å². The van der Waals surface area contributed by atoms with Gasteiger partial charge in [-0.05, 0) is 72.3 Å². The van der Waals surface area contributed by atoms with Crippen molar-refractivity contribution in [3.63, 3.8) is 0 Å². The Hall–Kier alpha value is -3.00. The van der Waals surface area contributed by atoms with Gasteiger partial charge in [-0.3, -0.25) is 23.6 Å². The number of aliphatic hydroxyl groups excluding tert-OH is 1. The second-order valence-corrected chi connectivity index (χ2v) is 13.2. The lowest BCUT2D eigenvalue weighted by molar-refractivity contribution is -0.149. The Kier molecular flexibility index (Phi) is 10.8. The third kappa shape index (κ3) is 7.98. The number of aliphatic hydroxyl groups is 1. The third-order valence-electron chi connectivity index (χ3n) is 7.54. The lowest BCUT2D eigenvalue weighted by atomic mass is 9.98. The molecule has 2 saturated heterocycles. The van der Waals surface area contributed by atoms with Crippen LogP contribution in [0.15, 0.2) is 47.4 Å². The van der Waals surface area contributed by atoms with Crippen LogP contribution in [0.5, 0.6) is 5.75 Å². The standard InChI is InChI=1S/C29H40FN4O9P/c1-18(2)41-26(37)19(3)32-44(39,43-21-10-7-6-8-11-21)40-17-24-25(36)29(4,30)27(42-24)34-15-13-20(31-28(34)38)16-23(35)22-12-9-14-33(22)5/h6-8,10-11,13,15,18-19,22,24-25,27,36H,9,12,14,16-17H2,1-5H3,(H,32,39)/t19-,22-,24+,25+,27+,29+,44+/m0/s1. The van der Waals surface area contributed by atoms with Crippen LogP contribution in [0, 0.1) is 0 Å². The van der Waals surface area contributed by atoms with Crippen molar-refractivity contribution < 1.29 is 42.2 Å². The predicted octanol–water partition coefficient (Wildman–Crippen LogP) is 2.57. The van der Waals surface area contributed by atoms with E-state index in [1.807, 2.05) is 11.9 Å². The number of nitrogens with one attached hydrogen (secondary N) is 1. The first-order chi connectivity index (χ1) is 20.7. The van der Waals surface area contributed by atoms with E-state index in [9.17, 15) is 24.1 Å². The molecule has 0 amide bonds. The maximum atomic E-state index is 15.9. The molecule has 0 bridgehead atoms. The second-order valence-electron chi connectivity index (χ2n) is 11.5. The molecule has 15 heteroatoms. The van der Waals surface area contributed by atoms with Crippen molar-refractivity contribution in [3.05, 3.63) is 58.8 Å². The first-order valence-electron chi connectivity index (χ1n) is 14.5. The first-order valence-corrected chi connectivity index (χ1v) is 16.1. The van der Waals surface area contributed by atoms with Gasteiger partial charge in [0.05, 0.1) is 30.9 Å². The van der Waals surface area contributed by atoms with Crippen molar-refractivity contribution in [1.82, 2.24) is 19.5 Å². The Bertz CT molecular complexity index is 1420. The molecule has 3 heterocycles. The number of alkyl halides is 1. The number of rotatable bonds is 13. The molecule has 2 N–H and O–H groups in total. The van der Waals surface area contributed by atoms with Gasteiger partial charge in [0.15, 0.2) is 17.7 Å². The first kappa shape index (κ1) is 33.9. The molecule has 44 heavy (non-hydrogen) atoms. The summed E-state index contributed by atoms with van der Waals surface area (Å²) in [6, 6.07) is 8.12. The molecular formula is C29H40FN4O9P. The van der Waals surface area contributed by atoms with E-state index < -0.39 is 62.3 Å². The zero-order valence-electron chi connectivity index (χ0n) is 25.4. The van der Waals surface area contributed by atoms with E-state index in [-0.39, 0.29) is 29.7 Å². The number of esters is 1. The van der Waals surface area contributed by atoms with Crippen LogP contribution < -0.4 is 15.3 Å². The molecule has 0 radical (unpaired) electrons. The van der Waals surface area contributed by atoms with Crippen molar-refractivity contribution in [3.8, 4) is 5.75 Å². The van der Waals surface area contributed by atoms with Crippen molar-refractivity contribution in [2.24, 2.45) is 0 Å². The normalized spacial score (nSPS) is 27.6. The van der Waals surface area contributed by atoms with Gasteiger partial charge < -0.3 is 19.1 Å². The number of halogens is 1. The number of ketones is 1. The lowest BCUT2D eigenvalue weighted by Gasteiger charge is -2.25. The predicted molar refractivity (Wildman–Crippen MR) is 157 cm³/mol. The highest BCUT2D eigenvalue weighted by molar-refractivity contribution is 7.52. The minimum absolute atomic E-state index is 0.0462. The summed E-state index contributed by atoms with van der Waals surface area (Å²) < 4.78 is 52.6. The van der Waals surface area contributed by atoms with E-state index in [1.54, 1.807) is 32.0 Å². The van der Waals surface area contributed by atoms with Crippen LogP contribution in [0.2, 0.25) is 0 Å². The summed E-state index contributed by atoms with van der Waals surface area (Å²) in [5, 5.41) is 13.3. The van der Waals surface area contributed by atoms with Crippen LogP contribution in [0.4, 0.5) is 4.39 Å². The maximum Gasteiger partial charge on any atom is 0.459 e. The summed E-state index contributed by atoms with van der Waals surface area (Å²) in [4.78, 5) is 43.9. The Morgan fingerprint density at radius 1 is 1.25 bits per heavy atom. The zero-order valence-corrected chi connectivity index (χ0v) is 26.3. The van der Waals surface area contributed by atoms with E-state index in [0.29, 0.717) is 0 Å². The molecule has 2 aliphatic heterocycles. The second kappa shape index (κ2) is 14.0. The highest BCUT2D eigenvalue weighted by Gasteiger charge is 2.56. The van der Waals surface area contributed by atoms with Gasteiger partial charge in [0.1, 0.15) is 24.0 Å². The molecular weight excluding hydrogens is 598 g/mol. The fourth-order valence-electron chi connectivity index (χ4n) is 5.19. The molecule has 2 fully saturated rings. The monoisotopic (exact) mass is 638 g/mol. The molecule has 13 nitrogen and oxygen atoms in total. The van der Waals surface area contributed by atoms with Crippen LogP contribution in [0.1, 0.15) is 52.5 Å². The summed E-state index contributed by atoms with van der Waals surface area (Å²) in [6.45, 7) is 5.98. The summed E-state index contributed by atoms with van der Waals surface area (Å²) in [5.74, 6) is -0.608. The quantitative estimate of drug-likeness (QED) is 0.244.